The molecule has 1 aliphatic heterocycles. The highest BCUT2D eigenvalue weighted by Gasteiger charge is 2.30. The molecule has 7 heteroatoms. The third-order valence-corrected chi connectivity index (χ3v) is 6.11. The lowest BCUT2D eigenvalue weighted by molar-refractivity contribution is -0.121. The number of thiocarbonyl (C=S) groups is 1. The molecule has 1 fully saturated rings. The molecule has 0 bridgehead atoms. The van der Waals surface area contributed by atoms with Crippen molar-refractivity contribution in [2.45, 2.75) is 27.4 Å². The number of nitrogens with zero attached hydrogens (tertiary/aromatic N) is 1. The second-order valence-corrected chi connectivity index (χ2v) is 8.49. The van der Waals surface area contributed by atoms with Gasteiger partial charge < -0.3 is 9.47 Å². The van der Waals surface area contributed by atoms with E-state index in [1.54, 1.807) is 17.0 Å². The number of aryl methyl sites for hydroxylation is 1. The predicted octanol–water partition coefficient (Wildman–Crippen LogP) is 5.85. The van der Waals surface area contributed by atoms with Crippen molar-refractivity contribution in [2.24, 2.45) is 0 Å². The van der Waals surface area contributed by atoms with Crippen molar-refractivity contribution in [1.29, 1.82) is 0 Å². The van der Waals surface area contributed by atoms with E-state index in [2.05, 4.69) is 0 Å². The second kappa shape index (κ2) is 9.65. The van der Waals surface area contributed by atoms with Gasteiger partial charge in [0.2, 0.25) is 0 Å². The van der Waals surface area contributed by atoms with Crippen molar-refractivity contribution >= 4 is 51.9 Å². The number of thioether (sulfide) groups is 1. The van der Waals surface area contributed by atoms with Gasteiger partial charge in [-0.25, -0.2) is 0 Å². The maximum Gasteiger partial charge on any atom is 0.266 e. The number of likely N-dealkylation sites (N-methyl/N-ethyl adjacent to an activating group) is 1. The second-order valence-electron chi connectivity index (χ2n) is 6.40. The van der Waals surface area contributed by atoms with Crippen molar-refractivity contribution in [3.05, 3.63) is 63.0 Å². The summed E-state index contributed by atoms with van der Waals surface area (Å²) in [6, 6.07) is 11.6. The molecule has 0 atom stereocenters. The van der Waals surface area contributed by atoms with Gasteiger partial charge in [0.1, 0.15) is 10.9 Å². The van der Waals surface area contributed by atoms with E-state index >= 15 is 0 Å². The molecule has 0 aromatic heterocycles. The Hall–Kier alpha value is -2.02. The first kappa shape index (κ1) is 21.7. The topological polar surface area (TPSA) is 38.8 Å². The van der Waals surface area contributed by atoms with Crippen molar-refractivity contribution < 1.29 is 14.3 Å². The van der Waals surface area contributed by atoms with Gasteiger partial charge >= 0.3 is 0 Å². The molecule has 1 heterocycles. The zero-order valence-corrected chi connectivity index (χ0v) is 18.9. The molecular weight excluding hydrogens is 426 g/mol. The minimum absolute atomic E-state index is 0.0866. The molecule has 0 unspecified atom stereocenters. The Morgan fingerprint density at radius 1 is 1.21 bits per heavy atom. The molecule has 4 nitrogen and oxygen atoms in total. The van der Waals surface area contributed by atoms with E-state index in [9.17, 15) is 4.79 Å². The highest BCUT2D eigenvalue weighted by Crippen LogP contribution is 2.39. The van der Waals surface area contributed by atoms with Crippen LogP contribution < -0.4 is 9.47 Å². The van der Waals surface area contributed by atoms with E-state index < -0.39 is 0 Å². The van der Waals surface area contributed by atoms with E-state index in [0.717, 1.165) is 16.7 Å². The number of amides is 1. The Morgan fingerprint density at radius 3 is 2.62 bits per heavy atom. The van der Waals surface area contributed by atoms with Crippen molar-refractivity contribution in [3.63, 3.8) is 0 Å². The average molecular weight is 448 g/mol. The van der Waals surface area contributed by atoms with E-state index in [4.69, 9.17) is 33.3 Å². The first-order valence-corrected chi connectivity index (χ1v) is 10.9. The number of hydrogen-bond donors (Lipinski definition) is 0. The van der Waals surface area contributed by atoms with Crippen LogP contribution in [0.3, 0.4) is 0 Å². The maximum atomic E-state index is 12.5. The third-order valence-electron chi connectivity index (χ3n) is 4.45. The van der Waals surface area contributed by atoms with Crippen LogP contribution in [0.1, 0.15) is 30.5 Å². The monoisotopic (exact) mass is 447 g/mol. The molecular formula is C22H22ClNO3S2. The van der Waals surface area contributed by atoms with Crippen molar-refractivity contribution in [2.75, 3.05) is 13.2 Å². The van der Waals surface area contributed by atoms with Gasteiger partial charge in [-0.1, -0.05) is 59.8 Å². The molecule has 1 amide bonds. The van der Waals surface area contributed by atoms with E-state index in [-0.39, 0.29) is 5.91 Å². The molecule has 2 aromatic rings. The van der Waals surface area contributed by atoms with Crippen LogP contribution >= 0.6 is 35.6 Å². The maximum absolute atomic E-state index is 12.5. The van der Waals surface area contributed by atoms with Crippen LogP contribution in [0.25, 0.3) is 6.08 Å². The molecule has 152 valence electrons. The smallest absolute Gasteiger partial charge is 0.266 e. The summed E-state index contributed by atoms with van der Waals surface area (Å²) in [6.45, 7) is 7.26. The lowest BCUT2D eigenvalue weighted by Crippen LogP contribution is -2.27. The minimum Gasteiger partial charge on any atom is -0.490 e. The lowest BCUT2D eigenvalue weighted by Gasteiger charge is -2.15. The van der Waals surface area contributed by atoms with Crippen molar-refractivity contribution in [1.82, 2.24) is 4.90 Å². The summed E-state index contributed by atoms with van der Waals surface area (Å²) in [4.78, 5) is 14.6. The Balaban J connectivity index is 1.89. The van der Waals surface area contributed by atoms with Crippen LogP contribution in [0.15, 0.2) is 41.3 Å². The first-order chi connectivity index (χ1) is 13.9. The van der Waals surface area contributed by atoms with Gasteiger partial charge in [0.25, 0.3) is 5.91 Å². The van der Waals surface area contributed by atoms with Crippen LogP contribution in [0.5, 0.6) is 11.5 Å². The van der Waals surface area contributed by atoms with Crippen LogP contribution in [0, 0.1) is 6.92 Å². The minimum atomic E-state index is -0.0866. The predicted molar refractivity (Wildman–Crippen MR) is 124 cm³/mol. The fourth-order valence-corrected chi connectivity index (χ4v) is 4.58. The number of halogens is 1. The number of rotatable bonds is 7. The number of carbonyl (C=O) groups excluding carboxylic acids is 1. The fourth-order valence-electron chi connectivity index (χ4n) is 2.92. The average Bonchev–Trinajstić information content (AvgIpc) is 2.95. The third kappa shape index (κ3) is 4.94. The zero-order chi connectivity index (χ0) is 21.0. The molecule has 0 saturated carbocycles. The van der Waals surface area contributed by atoms with Gasteiger partial charge in [-0.2, -0.15) is 0 Å². The van der Waals surface area contributed by atoms with Gasteiger partial charge in [0, 0.05) is 6.54 Å². The quantitative estimate of drug-likeness (QED) is 0.393. The standard InChI is InChI=1S/C22H22ClNO3S2/c1-4-24-21(25)19(29-22(24)28)12-15-10-17(23)20(18(11-15)26-5-2)27-13-16-9-7-6-8-14(16)3/h6-12H,4-5,13H2,1-3H3/b19-12+. The van der Waals surface area contributed by atoms with Gasteiger partial charge in [-0.3, -0.25) is 9.69 Å². The van der Waals surface area contributed by atoms with Crippen molar-refractivity contribution in [3.8, 4) is 11.5 Å². The molecule has 0 N–H and O–H groups in total. The highest BCUT2D eigenvalue weighted by atomic mass is 35.5. The summed E-state index contributed by atoms with van der Waals surface area (Å²) in [7, 11) is 0. The van der Waals surface area contributed by atoms with Crippen LogP contribution in [-0.4, -0.2) is 28.3 Å². The van der Waals surface area contributed by atoms with Gasteiger partial charge in [0.05, 0.1) is 16.5 Å². The van der Waals surface area contributed by atoms with E-state index in [1.807, 2.05) is 51.1 Å². The van der Waals surface area contributed by atoms with Crippen LogP contribution in [0.2, 0.25) is 5.02 Å². The highest BCUT2D eigenvalue weighted by molar-refractivity contribution is 8.26. The number of benzene rings is 2. The first-order valence-electron chi connectivity index (χ1n) is 9.33. The van der Waals surface area contributed by atoms with Gasteiger partial charge in [-0.15, -0.1) is 0 Å². The summed E-state index contributed by atoms with van der Waals surface area (Å²) in [6.07, 6.45) is 1.79. The Labute approximate surface area is 185 Å². The molecule has 1 saturated heterocycles. The Morgan fingerprint density at radius 2 is 1.97 bits per heavy atom. The number of carbonyl (C=O) groups is 1. The largest absolute Gasteiger partial charge is 0.490 e. The van der Waals surface area contributed by atoms with Gasteiger partial charge in [-0.05, 0) is 55.7 Å². The normalized spacial score (nSPS) is 15.3. The molecule has 3 rings (SSSR count). The SMILES string of the molecule is CCOc1cc(/C=C2/SC(=S)N(CC)C2=O)cc(Cl)c1OCc1ccccc1C. The molecule has 2 aromatic carbocycles. The van der Waals surface area contributed by atoms with E-state index in [1.165, 1.54) is 11.8 Å². The Bertz CT molecular complexity index is 975. The summed E-state index contributed by atoms with van der Waals surface area (Å²) in [5, 5.41) is 0.432. The molecule has 0 radical (unpaired) electrons. The molecule has 29 heavy (non-hydrogen) atoms. The summed E-state index contributed by atoms with van der Waals surface area (Å²) >= 11 is 13.1. The fraction of sp³-hybridized carbons (Fsp3) is 0.273. The summed E-state index contributed by atoms with van der Waals surface area (Å²) in [5.41, 5.74) is 2.99. The van der Waals surface area contributed by atoms with Crippen LogP contribution in [0.4, 0.5) is 0 Å². The summed E-state index contributed by atoms with van der Waals surface area (Å²) in [5.74, 6) is 0.956. The number of hydrogen-bond acceptors (Lipinski definition) is 5. The Kier molecular flexibility index (Phi) is 7.22. The summed E-state index contributed by atoms with van der Waals surface area (Å²) < 4.78 is 12.3. The molecule has 1 aliphatic rings. The van der Waals surface area contributed by atoms with Gasteiger partial charge in [0.15, 0.2) is 11.5 Å². The lowest BCUT2D eigenvalue weighted by atomic mass is 10.1. The number of ether oxygens (including phenoxy) is 2. The van der Waals surface area contributed by atoms with Crippen LogP contribution in [-0.2, 0) is 11.4 Å². The molecule has 0 aliphatic carbocycles. The molecule has 0 spiro atoms. The van der Waals surface area contributed by atoms with E-state index in [0.29, 0.717) is 45.5 Å². The zero-order valence-electron chi connectivity index (χ0n) is 16.5.